The molecule has 44 heavy (non-hydrogen) atoms. The first kappa shape index (κ1) is 31.3. The summed E-state index contributed by atoms with van der Waals surface area (Å²) in [5.41, 5.74) is 9.59. The van der Waals surface area contributed by atoms with E-state index in [9.17, 15) is 34.8 Å². The minimum absolute atomic E-state index is 0.00223. The molecule has 1 aromatic rings. The molecule has 1 aromatic carbocycles. The van der Waals surface area contributed by atoms with Gasteiger partial charge in [0, 0.05) is 63.0 Å². The first-order valence-corrected chi connectivity index (χ1v) is 14.5. The molecule has 4 aliphatic rings. The van der Waals surface area contributed by atoms with E-state index in [1.807, 2.05) is 30.9 Å². The molecule has 1 amide bonds. The Morgan fingerprint density at radius 1 is 1.09 bits per heavy atom. The van der Waals surface area contributed by atoms with Gasteiger partial charge in [-0.05, 0) is 51.5 Å². The number of nitrogens with zero attached hydrogens (tertiary/aromatic N) is 5. The number of ketones is 2. The van der Waals surface area contributed by atoms with Crippen LogP contribution in [0.3, 0.4) is 0 Å². The molecule has 1 aliphatic heterocycles. The van der Waals surface area contributed by atoms with Crippen LogP contribution in [0.4, 0.5) is 5.69 Å². The van der Waals surface area contributed by atoms with Crippen LogP contribution in [0.2, 0.25) is 0 Å². The third-order valence-corrected chi connectivity index (χ3v) is 9.50. The number of likely N-dealkylation sites (N-methyl/N-ethyl adjacent to an activating group) is 2. The summed E-state index contributed by atoms with van der Waals surface area (Å²) in [4.78, 5) is 51.6. The number of anilines is 1. The van der Waals surface area contributed by atoms with Crippen LogP contribution < -0.4 is 16.4 Å². The van der Waals surface area contributed by atoms with Gasteiger partial charge in [0.15, 0.2) is 17.3 Å². The van der Waals surface area contributed by atoms with E-state index in [2.05, 4.69) is 9.89 Å². The second-order valence-corrected chi connectivity index (χ2v) is 12.6. The average Bonchev–Trinajstić information content (AvgIpc) is 2.94. The number of aliphatic hydroxyl groups excluding tert-OH is 2. The van der Waals surface area contributed by atoms with Crippen LogP contribution in [0.15, 0.2) is 28.0 Å². The van der Waals surface area contributed by atoms with Gasteiger partial charge in [-0.1, -0.05) is 0 Å². The zero-order valence-electron chi connectivity index (χ0n) is 25.7. The van der Waals surface area contributed by atoms with Crippen molar-refractivity contribution in [2.24, 2.45) is 28.3 Å². The Bertz CT molecular complexity index is 1520. The number of hydrogen-bond donors (Lipinski definition) is 6. The number of guanidine groups is 1. The van der Waals surface area contributed by atoms with Crippen LogP contribution in [-0.2, 0) is 27.3 Å². The third kappa shape index (κ3) is 4.68. The molecule has 2 fully saturated rings. The molecule has 5 rings (SSSR count). The van der Waals surface area contributed by atoms with Crippen LogP contribution in [0.1, 0.15) is 23.1 Å². The maximum absolute atomic E-state index is 14.1. The first-order valence-electron chi connectivity index (χ1n) is 14.5. The van der Waals surface area contributed by atoms with E-state index in [1.165, 1.54) is 4.90 Å². The van der Waals surface area contributed by atoms with Gasteiger partial charge in [-0.25, -0.2) is 4.99 Å². The van der Waals surface area contributed by atoms with Crippen LogP contribution in [-0.4, -0.2) is 132 Å². The number of aromatic hydroxyl groups is 1. The van der Waals surface area contributed by atoms with E-state index < -0.39 is 58.0 Å². The summed E-state index contributed by atoms with van der Waals surface area (Å²) in [5, 5.41) is 46.0. The number of rotatable bonds is 5. The molecule has 4 atom stereocenters. The number of phenols is 1. The van der Waals surface area contributed by atoms with Crippen molar-refractivity contribution < 1.29 is 34.8 Å². The molecule has 1 heterocycles. The fraction of sp³-hybridized carbons (Fsp3) is 0.533. The molecular weight excluding hydrogens is 570 g/mol. The molecule has 0 spiro atoms. The molecule has 0 radical (unpaired) electrons. The normalized spacial score (nSPS) is 27.8. The average molecular weight is 612 g/mol. The van der Waals surface area contributed by atoms with Crippen molar-refractivity contribution in [1.82, 2.24) is 14.7 Å². The quantitative estimate of drug-likeness (QED) is 0.136. The summed E-state index contributed by atoms with van der Waals surface area (Å²) in [6.45, 7) is 3.10. The number of primary amides is 1. The number of nitrogens with two attached hydrogens (primary N) is 2. The largest absolute Gasteiger partial charge is 0.508 e. The second kappa shape index (κ2) is 11.1. The Hall–Kier alpha value is -4.14. The summed E-state index contributed by atoms with van der Waals surface area (Å²) in [7, 11) is 8.79. The van der Waals surface area contributed by atoms with Crippen molar-refractivity contribution in [2.45, 2.75) is 31.0 Å². The lowest BCUT2D eigenvalue weighted by Crippen LogP contribution is -2.65. The number of aliphatic hydroxyl groups is 3. The summed E-state index contributed by atoms with van der Waals surface area (Å²) in [6.07, 6.45) is 0.218. The van der Waals surface area contributed by atoms with E-state index in [0.29, 0.717) is 35.9 Å². The number of piperazine rings is 1. The number of amides is 1. The molecule has 2 unspecified atom stereocenters. The Morgan fingerprint density at radius 3 is 2.30 bits per heavy atom. The van der Waals surface area contributed by atoms with E-state index in [4.69, 9.17) is 11.5 Å². The monoisotopic (exact) mass is 611 g/mol. The van der Waals surface area contributed by atoms with Gasteiger partial charge < -0.3 is 46.6 Å². The van der Waals surface area contributed by atoms with Crippen molar-refractivity contribution >= 4 is 34.9 Å². The topological polar surface area (TPSA) is 209 Å². The minimum Gasteiger partial charge on any atom is -0.508 e. The standard InChI is InChI=1S/C30H41N7O7/c1-34(2)18-12-15(13-33-29(32)37-8-6-36(5)7-9-37)23(38)20-16(18)10-14-11-17-22(35(3)4)25(40)21(28(31)43)27(42)30(17,44)26(41)19(14)24(20)39/h12,14,17,22,38-39,42,44H,6-11,13H2,1-5H3,(H2,31,43)(H2,32,33)/t14?,17?,22-,30-/m0/s1. The molecule has 0 aromatic heterocycles. The Morgan fingerprint density at radius 2 is 1.73 bits per heavy atom. The Labute approximate surface area is 255 Å². The lowest BCUT2D eigenvalue weighted by molar-refractivity contribution is -0.153. The smallest absolute Gasteiger partial charge is 0.255 e. The van der Waals surface area contributed by atoms with Gasteiger partial charge in [0.05, 0.1) is 18.2 Å². The molecule has 3 aliphatic carbocycles. The van der Waals surface area contributed by atoms with Gasteiger partial charge in [0.25, 0.3) is 5.91 Å². The molecule has 14 nitrogen and oxygen atoms in total. The number of fused-ring (bicyclic) bond motifs is 3. The Balaban J connectivity index is 1.62. The fourth-order valence-corrected chi connectivity index (χ4v) is 7.17. The molecule has 238 valence electrons. The van der Waals surface area contributed by atoms with Crippen molar-refractivity contribution in [1.29, 1.82) is 0 Å². The van der Waals surface area contributed by atoms with Gasteiger partial charge in [0.2, 0.25) is 5.78 Å². The minimum atomic E-state index is -2.69. The predicted molar refractivity (Wildman–Crippen MR) is 163 cm³/mol. The highest BCUT2D eigenvalue weighted by atomic mass is 16.3. The van der Waals surface area contributed by atoms with E-state index in [1.54, 1.807) is 20.2 Å². The number of aliphatic imine (C=N–C) groups is 1. The number of carbonyl (C=O) groups excluding carboxylic acids is 3. The van der Waals surface area contributed by atoms with Crippen LogP contribution in [0.5, 0.6) is 5.75 Å². The highest BCUT2D eigenvalue weighted by molar-refractivity contribution is 6.24. The fourth-order valence-electron chi connectivity index (χ4n) is 7.17. The van der Waals surface area contributed by atoms with Gasteiger partial charge >= 0.3 is 0 Å². The van der Waals surface area contributed by atoms with Crippen LogP contribution >= 0.6 is 0 Å². The van der Waals surface area contributed by atoms with Crippen molar-refractivity contribution in [3.05, 3.63) is 39.7 Å². The lowest BCUT2D eigenvalue weighted by atomic mass is 9.57. The van der Waals surface area contributed by atoms with Crippen molar-refractivity contribution in [3.8, 4) is 5.75 Å². The van der Waals surface area contributed by atoms with Gasteiger partial charge in [-0.2, -0.15) is 0 Å². The van der Waals surface area contributed by atoms with Crippen molar-refractivity contribution in [3.63, 3.8) is 0 Å². The zero-order valence-corrected chi connectivity index (χ0v) is 25.7. The van der Waals surface area contributed by atoms with Gasteiger partial charge in [-0.15, -0.1) is 0 Å². The van der Waals surface area contributed by atoms with E-state index in [-0.39, 0.29) is 36.3 Å². The van der Waals surface area contributed by atoms with Crippen molar-refractivity contribution in [2.75, 3.05) is 66.3 Å². The number of benzene rings is 1. The molecular formula is C30H41N7O7. The summed E-state index contributed by atoms with van der Waals surface area (Å²) < 4.78 is 0. The number of hydrogen-bond acceptors (Lipinski definition) is 11. The zero-order chi connectivity index (χ0) is 32.4. The highest BCUT2D eigenvalue weighted by Gasteiger charge is 2.64. The molecule has 1 saturated carbocycles. The molecule has 8 N–H and O–H groups in total. The summed E-state index contributed by atoms with van der Waals surface area (Å²) in [5.74, 6) is -6.52. The number of carbonyl (C=O) groups is 3. The first-order chi connectivity index (χ1) is 20.6. The predicted octanol–water partition coefficient (Wildman–Crippen LogP) is -0.908. The number of Topliss-reactive ketones (excluding diaryl/α,β-unsaturated/α-hetero) is 2. The van der Waals surface area contributed by atoms with E-state index >= 15 is 0 Å². The summed E-state index contributed by atoms with van der Waals surface area (Å²) in [6, 6.07) is 0.634. The maximum atomic E-state index is 14.1. The SMILES string of the molecule is CN1CCN(C(N)=NCc2cc(N(C)C)c3c(c2O)C(O)=C2C(=O)[C@]4(O)C(O)=C(C(N)=O)C(=O)[C@@H](N(C)C)C4CC2C3)CC1. The maximum Gasteiger partial charge on any atom is 0.255 e. The second-order valence-electron chi connectivity index (χ2n) is 12.6. The summed E-state index contributed by atoms with van der Waals surface area (Å²) >= 11 is 0. The molecule has 1 saturated heterocycles. The highest BCUT2D eigenvalue weighted by Crippen LogP contribution is 2.54. The number of phenolic OH excluding ortho intramolecular Hbond substituents is 1. The van der Waals surface area contributed by atoms with Gasteiger partial charge in [0.1, 0.15) is 22.8 Å². The lowest BCUT2D eigenvalue weighted by Gasteiger charge is -2.50. The van der Waals surface area contributed by atoms with Crippen LogP contribution in [0.25, 0.3) is 5.76 Å². The van der Waals surface area contributed by atoms with E-state index in [0.717, 1.165) is 13.1 Å². The Kier molecular flexibility index (Phi) is 7.89. The van der Waals surface area contributed by atoms with Crippen LogP contribution in [0, 0.1) is 11.8 Å². The third-order valence-electron chi connectivity index (χ3n) is 9.50. The van der Waals surface area contributed by atoms with Gasteiger partial charge in [-0.3, -0.25) is 19.3 Å². The molecule has 0 bridgehead atoms. The molecule has 14 heteroatoms.